The third kappa shape index (κ3) is 3.91. The van der Waals surface area contributed by atoms with Crippen molar-refractivity contribution in [3.63, 3.8) is 0 Å². The molecule has 1 unspecified atom stereocenters. The van der Waals surface area contributed by atoms with Crippen LogP contribution >= 0.6 is 23.2 Å². The van der Waals surface area contributed by atoms with Crippen LogP contribution in [0, 0.1) is 5.41 Å². The van der Waals surface area contributed by atoms with Gasteiger partial charge in [-0.1, -0.05) is 25.4 Å². The molecule has 0 aliphatic carbocycles. The molecule has 0 radical (unpaired) electrons. The molecular weight excluding hydrogens is 307 g/mol. The Hall–Kier alpha value is -0.770. The predicted octanol–water partition coefficient (Wildman–Crippen LogP) is 5.05. The molecule has 0 spiro atoms. The van der Waals surface area contributed by atoms with Crippen LogP contribution in [0.1, 0.15) is 38.4 Å². The van der Waals surface area contributed by atoms with Crippen molar-refractivity contribution >= 4 is 34.2 Å². The highest BCUT2D eigenvalue weighted by Crippen LogP contribution is 2.31. The van der Waals surface area contributed by atoms with Crippen molar-refractivity contribution in [3.05, 3.63) is 29.0 Å². The average molecular weight is 329 g/mol. The molecule has 1 heterocycles. The SMILES string of the molecule is COCCC(C)(C)Cn1c(C(C)Cl)nc2ccc(Cl)cc21. The molecule has 0 aliphatic rings. The van der Waals surface area contributed by atoms with E-state index in [1.165, 1.54) is 0 Å². The van der Waals surface area contributed by atoms with E-state index in [1.54, 1.807) is 7.11 Å². The fraction of sp³-hybridized carbons (Fsp3) is 0.562. The standard InChI is InChI=1S/C16H22Cl2N2O/c1-11(17)15-19-13-6-5-12(18)9-14(13)20(15)10-16(2,3)7-8-21-4/h5-6,9,11H,7-8,10H2,1-4H3. The van der Waals surface area contributed by atoms with E-state index in [9.17, 15) is 0 Å². The highest BCUT2D eigenvalue weighted by Gasteiger charge is 2.23. The zero-order valence-electron chi connectivity index (χ0n) is 13.0. The third-order valence-electron chi connectivity index (χ3n) is 3.66. The zero-order chi connectivity index (χ0) is 15.6. The Bertz CT molecular complexity index is 620. The smallest absolute Gasteiger partial charge is 0.127 e. The van der Waals surface area contributed by atoms with Crippen LogP contribution in [-0.2, 0) is 11.3 Å². The number of hydrogen-bond donors (Lipinski definition) is 0. The maximum Gasteiger partial charge on any atom is 0.127 e. The maximum absolute atomic E-state index is 6.31. The lowest BCUT2D eigenvalue weighted by Crippen LogP contribution is -2.23. The van der Waals surface area contributed by atoms with Crippen LogP contribution in [0.3, 0.4) is 0 Å². The highest BCUT2D eigenvalue weighted by molar-refractivity contribution is 6.31. The van der Waals surface area contributed by atoms with Gasteiger partial charge in [-0.15, -0.1) is 11.6 Å². The van der Waals surface area contributed by atoms with E-state index in [1.807, 2.05) is 25.1 Å². The number of hydrogen-bond acceptors (Lipinski definition) is 2. The second-order valence-electron chi connectivity index (χ2n) is 6.21. The molecule has 0 amide bonds. The molecule has 21 heavy (non-hydrogen) atoms. The van der Waals surface area contributed by atoms with Gasteiger partial charge in [0.2, 0.25) is 0 Å². The van der Waals surface area contributed by atoms with Crippen molar-refractivity contribution in [1.29, 1.82) is 0 Å². The number of nitrogens with zero attached hydrogens (tertiary/aromatic N) is 2. The van der Waals surface area contributed by atoms with Crippen LogP contribution in [0.5, 0.6) is 0 Å². The summed E-state index contributed by atoms with van der Waals surface area (Å²) in [6.45, 7) is 7.98. The summed E-state index contributed by atoms with van der Waals surface area (Å²) in [6, 6.07) is 5.76. The van der Waals surface area contributed by atoms with Crippen LogP contribution in [0.25, 0.3) is 11.0 Å². The van der Waals surface area contributed by atoms with E-state index >= 15 is 0 Å². The second kappa shape index (κ2) is 6.55. The molecule has 2 aromatic rings. The first-order valence-corrected chi connectivity index (χ1v) is 7.94. The van der Waals surface area contributed by atoms with Crippen LogP contribution < -0.4 is 0 Å². The van der Waals surface area contributed by atoms with Gasteiger partial charge in [0.15, 0.2) is 0 Å². The predicted molar refractivity (Wildman–Crippen MR) is 89.3 cm³/mol. The van der Waals surface area contributed by atoms with E-state index < -0.39 is 0 Å². The molecule has 0 fully saturated rings. The molecule has 2 rings (SSSR count). The lowest BCUT2D eigenvalue weighted by atomic mass is 9.89. The Morgan fingerprint density at radius 3 is 2.71 bits per heavy atom. The summed E-state index contributed by atoms with van der Waals surface area (Å²) in [7, 11) is 1.73. The molecule has 0 aliphatic heterocycles. The van der Waals surface area contributed by atoms with Crippen LogP contribution in [0.4, 0.5) is 0 Å². The molecule has 0 saturated heterocycles. The Balaban J connectivity index is 2.44. The van der Waals surface area contributed by atoms with Crippen molar-refractivity contribution in [2.75, 3.05) is 13.7 Å². The third-order valence-corrected chi connectivity index (χ3v) is 4.09. The number of ether oxygens (including phenoxy) is 1. The van der Waals surface area contributed by atoms with Gasteiger partial charge in [-0.3, -0.25) is 0 Å². The summed E-state index contributed by atoms with van der Waals surface area (Å²) < 4.78 is 7.40. The summed E-state index contributed by atoms with van der Waals surface area (Å²) in [5.41, 5.74) is 2.06. The largest absolute Gasteiger partial charge is 0.385 e. The molecule has 116 valence electrons. The van der Waals surface area contributed by atoms with Crippen molar-refractivity contribution in [3.8, 4) is 0 Å². The van der Waals surface area contributed by atoms with Crippen molar-refractivity contribution in [1.82, 2.24) is 9.55 Å². The first-order chi connectivity index (χ1) is 9.84. The van der Waals surface area contributed by atoms with Crippen molar-refractivity contribution in [2.45, 2.75) is 39.1 Å². The lowest BCUT2D eigenvalue weighted by Gasteiger charge is -2.26. The van der Waals surface area contributed by atoms with Crippen molar-refractivity contribution < 1.29 is 4.74 Å². The molecule has 5 heteroatoms. The number of imidazole rings is 1. The normalized spacial score (nSPS) is 13.8. The topological polar surface area (TPSA) is 27.1 Å². The minimum absolute atomic E-state index is 0.0898. The van der Waals surface area contributed by atoms with E-state index in [0.717, 1.165) is 36.4 Å². The summed E-state index contributed by atoms with van der Waals surface area (Å²) in [5, 5.41) is 0.571. The van der Waals surface area contributed by atoms with Gasteiger partial charge >= 0.3 is 0 Å². The van der Waals surface area contributed by atoms with Gasteiger partial charge in [-0.25, -0.2) is 4.98 Å². The molecule has 1 aromatic carbocycles. The number of rotatable bonds is 6. The average Bonchev–Trinajstić information content (AvgIpc) is 2.74. The first kappa shape index (κ1) is 16.6. The minimum atomic E-state index is -0.144. The number of methoxy groups -OCH3 is 1. The van der Waals surface area contributed by atoms with Gasteiger partial charge < -0.3 is 9.30 Å². The second-order valence-corrected chi connectivity index (χ2v) is 7.30. The molecule has 1 aromatic heterocycles. The highest BCUT2D eigenvalue weighted by atomic mass is 35.5. The summed E-state index contributed by atoms with van der Waals surface area (Å²) in [4.78, 5) is 4.66. The van der Waals surface area contributed by atoms with Crippen molar-refractivity contribution in [2.24, 2.45) is 5.41 Å². The number of alkyl halides is 1. The molecular formula is C16H22Cl2N2O. The first-order valence-electron chi connectivity index (χ1n) is 7.13. The molecule has 3 nitrogen and oxygen atoms in total. The number of fused-ring (bicyclic) bond motifs is 1. The van der Waals surface area contributed by atoms with Gasteiger partial charge in [0.05, 0.1) is 16.4 Å². The van der Waals surface area contributed by atoms with Gasteiger partial charge in [-0.05, 0) is 37.0 Å². The maximum atomic E-state index is 6.31. The molecule has 1 atom stereocenters. The monoisotopic (exact) mass is 328 g/mol. The Kier molecular flexibility index (Phi) is 5.18. The molecule has 0 N–H and O–H groups in total. The lowest BCUT2D eigenvalue weighted by molar-refractivity contribution is 0.142. The van der Waals surface area contributed by atoms with Gasteiger partial charge in [0.25, 0.3) is 0 Å². The van der Waals surface area contributed by atoms with Crippen LogP contribution in [0.2, 0.25) is 5.02 Å². The molecule has 0 bridgehead atoms. The number of halogens is 2. The van der Waals surface area contributed by atoms with Gasteiger partial charge in [0, 0.05) is 25.3 Å². The fourth-order valence-corrected chi connectivity index (χ4v) is 2.80. The minimum Gasteiger partial charge on any atom is -0.385 e. The summed E-state index contributed by atoms with van der Waals surface area (Å²) in [6.07, 6.45) is 0.972. The van der Waals surface area contributed by atoms with E-state index in [-0.39, 0.29) is 10.8 Å². The van der Waals surface area contributed by atoms with E-state index in [0.29, 0.717) is 5.02 Å². The van der Waals surface area contributed by atoms with Crippen LogP contribution in [-0.4, -0.2) is 23.3 Å². The Morgan fingerprint density at radius 1 is 1.38 bits per heavy atom. The van der Waals surface area contributed by atoms with Gasteiger partial charge in [-0.2, -0.15) is 0 Å². The Morgan fingerprint density at radius 2 is 2.10 bits per heavy atom. The summed E-state index contributed by atoms with van der Waals surface area (Å²) in [5.74, 6) is 0.888. The fourth-order valence-electron chi connectivity index (χ4n) is 2.47. The summed E-state index contributed by atoms with van der Waals surface area (Å²) >= 11 is 12.5. The number of aromatic nitrogens is 2. The number of benzene rings is 1. The molecule has 0 saturated carbocycles. The quantitative estimate of drug-likeness (QED) is 0.693. The van der Waals surface area contributed by atoms with E-state index in [4.69, 9.17) is 27.9 Å². The van der Waals surface area contributed by atoms with Crippen LogP contribution in [0.15, 0.2) is 18.2 Å². The zero-order valence-corrected chi connectivity index (χ0v) is 14.5. The van der Waals surface area contributed by atoms with E-state index in [2.05, 4.69) is 23.4 Å². The Labute approximate surface area is 136 Å². The van der Waals surface area contributed by atoms with Gasteiger partial charge in [0.1, 0.15) is 5.82 Å².